The molecule has 3 amide bonds. The standard InChI is InChI=1S/C25H35N3O5S/c1-27(20-9-5-4-6-10-20)34(32,33)21-13-11-19(12-14-21)26-22(29)18-28-23(30)17-25(24(28)31)15-7-2-3-8-16-25/h11-14,20H,2-10,15-18H2,1H3,(H,26,29). The van der Waals surface area contributed by atoms with E-state index in [1.165, 1.54) is 16.4 Å². The summed E-state index contributed by atoms with van der Waals surface area (Å²) >= 11 is 0. The van der Waals surface area contributed by atoms with Gasteiger partial charge in [-0.05, 0) is 49.9 Å². The van der Waals surface area contributed by atoms with E-state index in [0.717, 1.165) is 62.7 Å². The molecule has 0 bridgehead atoms. The number of likely N-dealkylation sites (tertiary alicyclic amines) is 1. The van der Waals surface area contributed by atoms with Crippen molar-refractivity contribution in [1.29, 1.82) is 0 Å². The molecule has 1 heterocycles. The molecule has 34 heavy (non-hydrogen) atoms. The number of imide groups is 1. The smallest absolute Gasteiger partial charge is 0.244 e. The second-order valence-electron chi connectivity index (χ2n) is 10.0. The van der Waals surface area contributed by atoms with Crippen molar-refractivity contribution >= 4 is 33.4 Å². The van der Waals surface area contributed by atoms with Crippen molar-refractivity contribution in [3.63, 3.8) is 0 Å². The van der Waals surface area contributed by atoms with Gasteiger partial charge in [-0.2, -0.15) is 4.31 Å². The Labute approximate surface area is 202 Å². The van der Waals surface area contributed by atoms with Gasteiger partial charge in [-0.3, -0.25) is 19.3 Å². The van der Waals surface area contributed by atoms with E-state index in [2.05, 4.69) is 5.32 Å². The minimum absolute atomic E-state index is 0.0189. The van der Waals surface area contributed by atoms with Crippen LogP contribution in [-0.2, 0) is 24.4 Å². The van der Waals surface area contributed by atoms with Gasteiger partial charge in [-0.1, -0.05) is 44.9 Å². The van der Waals surface area contributed by atoms with Crippen LogP contribution in [0.25, 0.3) is 0 Å². The fourth-order valence-electron chi connectivity index (χ4n) is 5.68. The Kier molecular flexibility index (Phi) is 7.42. The molecule has 1 N–H and O–H groups in total. The maximum atomic E-state index is 13.0. The molecule has 0 radical (unpaired) electrons. The molecular weight excluding hydrogens is 454 g/mol. The highest BCUT2D eigenvalue weighted by Gasteiger charge is 2.51. The number of rotatable bonds is 6. The lowest BCUT2D eigenvalue weighted by Crippen LogP contribution is -2.40. The predicted molar refractivity (Wildman–Crippen MR) is 128 cm³/mol. The van der Waals surface area contributed by atoms with Crippen LogP contribution in [-0.4, -0.2) is 55.0 Å². The Morgan fingerprint density at radius 3 is 2.21 bits per heavy atom. The van der Waals surface area contributed by atoms with Gasteiger partial charge in [0.15, 0.2) is 0 Å². The summed E-state index contributed by atoms with van der Waals surface area (Å²) in [5.74, 6) is -0.974. The third kappa shape index (κ3) is 5.05. The molecule has 1 saturated heterocycles. The summed E-state index contributed by atoms with van der Waals surface area (Å²) in [6, 6.07) is 6.07. The molecule has 0 unspecified atom stereocenters. The van der Waals surface area contributed by atoms with Gasteiger partial charge in [0.2, 0.25) is 27.7 Å². The Hall–Kier alpha value is -2.26. The minimum Gasteiger partial charge on any atom is -0.325 e. The average Bonchev–Trinajstić information content (AvgIpc) is 2.98. The normalized spacial score (nSPS) is 21.8. The number of carbonyl (C=O) groups excluding carboxylic acids is 3. The van der Waals surface area contributed by atoms with Crippen LogP contribution in [0.1, 0.15) is 77.0 Å². The molecule has 186 valence electrons. The van der Waals surface area contributed by atoms with Crippen LogP contribution < -0.4 is 5.32 Å². The van der Waals surface area contributed by atoms with Crippen LogP contribution in [0.2, 0.25) is 0 Å². The first-order chi connectivity index (χ1) is 16.2. The van der Waals surface area contributed by atoms with E-state index < -0.39 is 21.3 Å². The summed E-state index contributed by atoms with van der Waals surface area (Å²) in [7, 11) is -1.98. The number of carbonyl (C=O) groups is 3. The molecule has 9 heteroatoms. The zero-order valence-electron chi connectivity index (χ0n) is 19.9. The molecule has 0 atom stereocenters. The molecule has 1 aromatic rings. The third-order valence-corrected chi connectivity index (χ3v) is 9.68. The molecule has 3 aliphatic rings. The van der Waals surface area contributed by atoms with Crippen LogP contribution in [0.4, 0.5) is 5.69 Å². The second-order valence-corrected chi connectivity index (χ2v) is 12.0. The van der Waals surface area contributed by atoms with Crippen molar-refractivity contribution in [3.05, 3.63) is 24.3 Å². The highest BCUT2D eigenvalue weighted by Crippen LogP contribution is 2.44. The van der Waals surface area contributed by atoms with Gasteiger partial charge < -0.3 is 5.32 Å². The van der Waals surface area contributed by atoms with Crippen molar-refractivity contribution in [2.75, 3.05) is 18.9 Å². The summed E-state index contributed by atoms with van der Waals surface area (Å²) in [6.07, 6.45) is 10.6. The Bertz CT molecular complexity index is 1020. The van der Waals surface area contributed by atoms with Gasteiger partial charge in [0.25, 0.3) is 0 Å². The lowest BCUT2D eigenvalue weighted by molar-refractivity contribution is -0.144. The molecule has 0 aromatic heterocycles. The van der Waals surface area contributed by atoms with Crippen LogP contribution in [0.5, 0.6) is 0 Å². The van der Waals surface area contributed by atoms with E-state index in [9.17, 15) is 22.8 Å². The first-order valence-electron chi connectivity index (χ1n) is 12.5. The predicted octanol–water partition coefficient (Wildman–Crippen LogP) is 3.68. The zero-order valence-corrected chi connectivity index (χ0v) is 20.7. The Morgan fingerprint density at radius 1 is 1.00 bits per heavy atom. The molecule has 2 saturated carbocycles. The van der Waals surface area contributed by atoms with Crippen LogP contribution in [0.15, 0.2) is 29.2 Å². The molecule has 8 nitrogen and oxygen atoms in total. The Balaban J connectivity index is 1.37. The minimum atomic E-state index is -3.61. The van der Waals surface area contributed by atoms with Crippen molar-refractivity contribution in [1.82, 2.24) is 9.21 Å². The van der Waals surface area contributed by atoms with Gasteiger partial charge in [0.1, 0.15) is 6.54 Å². The lowest BCUT2D eigenvalue weighted by atomic mass is 9.79. The highest BCUT2D eigenvalue weighted by atomic mass is 32.2. The van der Waals surface area contributed by atoms with Gasteiger partial charge in [0.05, 0.1) is 10.3 Å². The molecule has 3 fully saturated rings. The van der Waals surface area contributed by atoms with E-state index in [1.807, 2.05) is 0 Å². The topological polar surface area (TPSA) is 104 Å². The number of hydrogen-bond donors (Lipinski definition) is 1. The summed E-state index contributed by atoms with van der Waals surface area (Å²) in [6.45, 7) is -0.316. The summed E-state index contributed by atoms with van der Waals surface area (Å²) in [4.78, 5) is 39.5. The van der Waals surface area contributed by atoms with Gasteiger partial charge in [0, 0.05) is 25.2 Å². The monoisotopic (exact) mass is 489 g/mol. The average molecular weight is 490 g/mol. The first-order valence-corrected chi connectivity index (χ1v) is 13.9. The summed E-state index contributed by atoms with van der Waals surface area (Å²) in [5, 5.41) is 2.69. The first kappa shape index (κ1) is 24.9. The number of anilines is 1. The summed E-state index contributed by atoms with van der Waals surface area (Å²) < 4.78 is 27.5. The number of nitrogens with one attached hydrogen (secondary N) is 1. The number of amides is 3. The van der Waals surface area contributed by atoms with Gasteiger partial charge in [-0.25, -0.2) is 8.42 Å². The fraction of sp³-hybridized carbons (Fsp3) is 0.640. The number of hydrogen-bond acceptors (Lipinski definition) is 5. The van der Waals surface area contributed by atoms with Crippen molar-refractivity contribution < 1.29 is 22.8 Å². The van der Waals surface area contributed by atoms with E-state index in [1.54, 1.807) is 19.2 Å². The van der Waals surface area contributed by atoms with Crippen LogP contribution in [0.3, 0.4) is 0 Å². The number of sulfonamides is 1. The van der Waals surface area contributed by atoms with E-state index >= 15 is 0 Å². The van der Waals surface area contributed by atoms with Crippen molar-refractivity contribution in [2.24, 2.45) is 5.41 Å². The molecule has 2 aliphatic carbocycles. The number of nitrogens with zero attached hydrogens (tertiary/aromatic N) is 2. The molecule has 1 aromatic carbocycles. The van der Waals surface area contributed by atoms with Gasteiger partial charge in [-0.15, -0.1) is 0 Å². The van der Waals surface area contributed by atoms with E-state index in [4.69, 9.17) is 0 Å². The van der Waals surface area contributed by atoms with Crippen molar-refractivity contribution in [3.8, 4) is 0 Å². The Morgan fingerprint density at radius 2 is 1.59 bits per heavy atom. The van der Waals surface area contributed by atoms with Crippen LogP contribution in [0, 0.1) is 5.41 Å². The zero-order chi connectivity index (χ0) is 24.3. The molecule has 1 spiro atoms. The van der Waals surface area contributed by atoms with E-state index in [0.29, 0.717) is 18.5 Å². The molecule has 1 aliphatic heterocycles. The maximum Gasteiger partial charge on any atom is 0.244 e. The maximum absolute atomic E-state index is 13.0. The SMILES string of the molecule is CN(C1CCCCC1)S(=O)(=O)c1ccc(NC(=O)CN2C(=O)CC3(CCCCCC3)C2=O)cc1. The largest absolute Gasteiger partial charge is 0.325 e. The van der Waals surface area contributed by atoms with Gasteiger partial charge >= 0.3 is 0 Å². The second kappa shape index (κ2) is 10.2. The fourth-order valence-corrected chi connectivity index (χ4v) is 7.09. The molecular formula is C25H35N3O5S. The van der Waals surface area contributed by atoms with Crippen LogP contribution >= 0.6 is 0 Å². The van der Waals surface area contributed by atoms with Crippen molar-refractivity contribution in [2.45, 2.75) is 88.0 Å². The highest BCUT2D eigenvalue weighted by molar-refractivity contribution is 7.89. The summed E-state index contributed by atoms with van der Waals surface area (Å²) in [5.41, 5.74) is -0.207. The quantitative estimate of drug-likeness (QED) is 0.614. The van der Waals surface area contributed by atoms with E-state index in [-0.39, 0.29) is 35.7 Å². The third-order valence-electron chi connectivity index (χ3n) is 7.76. The molecule has 4 rings (SSSR count). The number of benzene rings is 1. The lowest BCUT2D eigenvalue weighted by Gasteiger charge is -2.30.